The van der Waals surface area contributed by atoms with Crippen LogP contribution in [0.2, 0.25) is 0 Å². The number of esters is 1. The van der Waals surface area contributed by atoms with E-state index in [4.69, 9.17) is 10.00 Å². The molecule has 4 heteroatoms. The minimum atomic E-state index is -0.147. The number of nitriles is 1. The predicted octanol–water partition coefficient (Wildman–Crippen LogP) is 2.74. The van der Waals surface area contributed by atoms with Gasteiger partial charge in [0.2, 0.25) is 0 Å². The molecule has 1 aromatic rings. The zero-order valence-electron chi connectivity index (χ0n) is 9.81. The normalized spacial score (nSPS) is 9.65. The Morgan fingerprint density at radius 3 is 3.06 bits per heavy atom. The molecule has 0 aliphatic carbocycles. The van der Waals surface area contributed by atoms with E-state index in [-0.39, 0.29) is 5.97 Å². The molecule has 3 nitrogen and oxygen atoms in total. The Balaban J connectivity index is 2.27. The smallest absolute Gasteiger partial charge is 0.306 e. The van der Waals surface area contributed by atoms with Gasteiger partial charge in [-0.25, -0.2) is 0 Å². The van der Waals surface area contributed by atoms with Gasteiger partial charge in [-0.3, -0.25) is 4.79 Å². The summed E-state index contributed by atoms with van der Waals surface area (Å²) in [5.74, 6) is 1.41. The Morgan fingerprint density at radius 1 is 1.53 bits per heavy atom. The first-order valence-corrected chi connectivity index (χ1v) is 6.64. The van der Waals surface area contributed by atoms with Crippen LogP contribution in [0.1, 0.15) is 24.5 Å². The van der Waals surface area contributed by atoms with E-state index < -0.39 is 0 Å². The van der Waals surface area contributed by atoms with Crippen molar-refractivity contribution < 1.29 is 9.53 Å². The van der Waals surface area contributed by atoms with Crippen molar-refractivity contribution in [3.63, 3.8) is 0 Å². The van der Waals surface area contributed by atoms with Crippen LogP contribution in [0.5, 0.6) is 0 Å². The number of ether oxygens (including phenoxy) is 1. The molecule has 0 spiro atoms. The van der Waals surface area contributed by atoms with E-state index in [1.54, 1.807) is 24.8 Å². The molecule has 90 valence electrons. The molecule has 1 aromatic carbocycles. The van der Waals surface area contributed by atoms with Gasteiger partial charge < -0.3 is 4.74 Å². The largest absolute Gasteiger partial charge is 0.466 e. The average molecular weight is 249 g/mol. The first-order valence-electron chi connectivity index (χ1n) is 5.48. The molecule has 0 fully saturated rings. The second kappa shape index (κ2) is 7.75. The Bertz CT molecular complexity index is 412. The third-order valence-corrected chi connectivity index (χ3v) is 3.11. The summed E-state index contributed by atoms with van der Waals surface area (Å²) in [6.45, 7) is 2.24. The van der Waals surface area contributed by atoms with E-state index in [0.717, 1.165) is 17.1 Å². The Morgan fingerprint density at radius 2 is 2.35 bits per heavy atom. The number of hydrogen-bond acceptors (Lipinski definition) is 4. The minimum Gasteiger partial charge on any atom is -0.466 e. The quantitative estimate of drug-likeness (QED) is 0.574. The number of carbonyl (C=O) groups excluding carboxylic acids is 1. The van der Waals surface area contributed by atoms with Crippen molar-refractivity contribution >= 4 is 17.7 Å². The summed E-state index contributed by atoms with van der Waals surface area (Å²) in [5.41, 5.74) is 1.78. The third kappa shape index (κ3) is 5.41. The van der Waals surface area contributed by atoms with Gasteiger partial charge in [0.05, 0.1) is 24.7 Å². The van der Waals surface area contributed by atoms with Gasteiger partial charge in [-0.1, -0.05) is 12.1 Å². The minimum absolute atomic E-state index is 0.147. The highest BCUT2D eigenvalue weighted by Crippen LogP contribution is 2.14. The van der Waals surface area contributed by atoms with Gasteiger partial charge in [0.15, 0.2) is 0 Å². The Kier molecular flexibility index (Phi) is 6.19. The van der Waals surface area contributed by atoms with Crippen LogP contribution in [0.3, 0.4) is 0 Å². The zero-order chi connectivity index (χ0) is 12.5. The number of carbonyl (C=O) groups is 1. The summed E-state index contributed by atoms with van der Waals surface area (Å²) >= 11 is 1.67. The van der Waals surface area contributed by atoms with Crippen molar-refractivity contribution in [2.24, 2.45) is 0 Å². The van der Waals surface area contributed by atoms with E-state index in [9.17, 15) is 4.79 Å². The van der Waals surface area contributed by atoms with Gasteiger partial charge in [-0.15, -0.1) is 0 Å². The predicted molar refractivity (Wildman–Crippen MR) is 68.6 cm³/mol. The second-order valence-electron chi connectivity index (χ2n) is 3.42. The molecular weight excluding hydrogens is 234 g/mol. The fourth-order valence-corrected chi connectivity index (χ4v) is 2.18. The molecule has 0 bridgehead atoms. The van der Waals surface area contributed by atoms with Crippen LogP contribution >= 0.6 is 11.8 Å². The maximum absolute atomic E-state index is 11.1. The number of nitrogens with zero attached hydrogens (tertiary/aromatic N) is 1. The molecular formula is C13H15NO2S. The van der Waals surface area contributed by atoms with E-state index in [0.29, 0.717) is 18.6 Å². The van der Waals surface area contributed by atoms with Crippen LogP contribution in [-0.2, 0) is 15.3 Å². The van der Waals surface area contributed by atoms with E-state index in [1.807, 2.05) is 18.2 Å². The molecule has 0 radical (unpaired) electrons. The zero-order valence-corrected chi connectivity index (χ0v) is 10.6. The first kappa shape index (κ1) is 13.6. The van der Waals surface area contributed by atoms with Crippen molar-refractivity contribution in [3.05, 3.63) is 35.4 Å². The van der Waals surface area contributed by atoms with Crippen LogP contribution < -0.4 is 0 Å². The molecule has 0 N–H and O–H groups in total. The number of thioether (sulfide) groups is 1. The van der Waals surface area contributed by atoms with Crippen molar-refractivity contribution in [2.75, 3.05) is 12.4 Å². The third-order valence-electron chi connectivity index (χ3n) is 2.08. The topological polar surface area (TPSA) is 50.1 Å². The molecule has 0 saturated carbocycles. The van der Waals surface area contributed by atoms with Gasteiger partial charge >= 0.3 is 5.97 Å². The first-order chi connectivity index (χ1) is 8.26. The lowest BCUT2D eigenvalue weighted by Crippen LogP contribution is -2.04. The van der Waals surface area contributed by atoms with Gasteiger partial charge in [0, 0.05) is 11.5 Å². The lowest BCUT2D eigenvalue weighted by molar-refractivity contribution is -0.142. The number of hydrogen-bond donors (Lipinski definition) is 0. The molecule has 0 saturated heterocycles. The highest BCUT2D eigenvalue weighted by atomic mass is 32.2. The lowest BCUT2D eigenvalue weighted by atomic mass is 10.2. The van der Waals surface area contributed by atoms with Crippen molar-refractivity contribution in [2.45, 2.75) is 19.1 Å². The van der Waals surface area contributed by atoms with Crippen LogP contribution in [0.15, 0.2) is 24.3 Å². The average Bonchev–Trinajstić information content (AvgIpc) is 2.35. The lowest BCUT2D eigenvalue weighted by Gasteiger charge is -2.03. The molecule has 0 atom stereocenters. The molecule has 0 heterocycles. The van der Waals surface area contributed by atoms with E-state index in [1.165, 1.54) is 0 Å². The van der Waals surface area contributed by atoms with Crippen LogP contribution in [0.4, 0.5) is 0 Å². The summed E-state index contributed by atoms with van der Waals surface area (Å²) in [5, 5.41) is 8.75. The summed E-state index contributed by atoms with van der Waals surface area (Å²) in [6, 6.07) is 9.63. The summed E-state index contributed by atoms with van der Waals surface area (Å²) in [4.78, 5) is 11.1. The van der Waals surface area contributed by atoms with E-state index >= 15 is 0 Å². The van der Waals surface area contributed by atoms with Gasteiger partial charge in [-0.2, -0.15) is 17.0 Å². The van der Waals surface area contributed by atoms with Crippen LogP contribution in [-0.4, -0.2) is 18.3 Å². The van der Waals surface area contributed by atoms with E-state index in [2.05, 4.69) is 6.07 Å². The standard InChI is InChI=1S/C13H15NO2S/c1-2-16-13(15)6-7-17-10-12-5-3-4-11(8-12)9-14/h3-5,8H,2,6-7,10H2,1H3. The second-order valence-corrected chi connectivity index (χ2v) is 4.52. The van der Waals surface area contributed by atoms with Crippen molar-refractivity contribution in [3.8, 4) is 6.07 Å². The molecule has 0 aliphatic heterocycles. The summed E-state index contributed by atoms with van der Waals surface area (Å²) in [6.07, 6.45) is 0.441. The SMILES string of the molecule is CCOC(=O)CCSCc1cccc(C#N)c1. The highest BCUT2D eigenvalue weighted by molar-refractivity contribution is 7.98. The highest BCUT2D eigenvalue weighted by Gasteiger charge is 2.01. The maximum Gasteiger partial charge on any atom is 0.306 e. The summed E-state index contributed by atoms with van der Waals surface area (Å²) < 4.78 is 4.84. The summed E-state index contributed by atoms with van der Waals surface area (Å²) in [7, 11) is 0. The number of rotatable bonds is 6. The number of benzene rings is 1. The molecule has 17 heavy (non-hydrogen) atoms. The molecule has 1 rings (SSSR count). The van der Waals surface area contributed by atoms with Crippen LogP contribution in [0, 0.1) is 11.3 Å². The molecule has 0 amide bonds. The monoisotopic (exact) mass is 249 g/mol. The maximum atomic E-state index is 11.1. The molecule has 0 unspecified atom stereocenters. The Labute approximate surface area is 106 Å². The molecule has 0 aromatic heterocycles. The fourth-order valence-electron chi connectivity index (χ4n) is 1.31. The van der Waals surface area contributed by atoms with Crippen molar-refractivity contribution in [1.82, 2.24) is 0 Å². The fraction of sp³-hybridized carbons (Fsp3) is 0.385. The Hall–Kier alpha value is -1.47. The van der Waals surface area contributed by atoms with Gasteiger partial charge in [0.25, 0.3) is 0 Å². The van der Waals surface area contributed by atoms with Gasteiger partial charge in [0.1, 0.15) is 0 Å². The van der Waals surface area contributed by atoms with Crippen LogP contribution in [0.25, 0.3) is 0 Å². The molecule has 0 aliphatic rings. The van der Waals surface area contributed by atoms with Gasteiger partial charge in [-0.05, 0) is 24.6 Å². The van der Waals surface area contributed by atoms with Crippen molar-refractivity contribution in [1.29, 1.82) is 5.26 Å².